The molecule has 7 nitrogen and oxygen atoms in total. The number of aliphatic hydroxyl groups is 3. The van der Waals surface area contributed by atoms with E-state index >= 15 is 0 Å². The summed E-state index contributed by atoms with van der Waals surface area (Å²) in [6.07, 6.45) is -1.12. The molecule has 14 heavy (non-hydrogen) atoms. The molecule has 0 radical (unpaired) electrons. The Hall–Kier alpha value is -1.31. The molecule has 3 N–H and O–H groups in total. The van der Waals surface area contributed by atoms with Gasteiger partial charge in [-0.05, 0) is 6.92 Å². The van der Waals surface area contributed by atoms with E-state index in [2.05, 4.69) is 10.3 Å². The van der Waals surface area contributed by atoms with Crippen LogP contribution in [0.5, 0.6) is 0 Å². The lowest BCUT2D eigenvalue weighted by atomic mass is 10.2. The van der Waals surface area contributed by atoms with E-state index in [1.807, 2.05) is 0 Å². The van der Waals surface area contributed by atoms with Gasteiger partial charge in [-0.15, -0.1) is 5.10 Å². The van der Waals surface area contributed by atoms with Crippen LogP contribution in [0.2, 0.25) is 0 Å². The highest BCUT2D eigenvalue weighted by Crippen LogP contribution is 2.00. The fourth-order valence-electron chi connectivity index (χ4n) is 0.995. The molecule has 0 amide bonds. The molecule has 78 valence electrons. The second-order valence-electron chi connectivity index (χ2n) is 2.71. The molecular formula is C7H11N3O4. The van der Waals surface area contributed by atoms with Gasteiger partial charge in [0, 0.05) is 0 Å². The van der Waals surface area contributed by atoms with Gasteiger partial charge < -0.3 is 15.3 Å². The Morgan fingerprint density at radius 2 is 2.07 bits per heavy atom. The van der Waals surface area contributed by atoms with Crippen molar-refractivity contribution in [3.63, 3.8) is 0 Å². The first-order valence-corrected chi connectivity index (χ1v) is 3.98. The molecule has 1 aromatic heterocycles. The molecule has 0 bridgehead atoms. The molecule has 0 aliphatic heterocycles. The maximum absolute atomic E-state index is 11.5. The van der Waals surface area contributed by atoms with Gasteiger partial charge in [0.2, 0.25) is 0 Å². The van der Waals surface area contributed by atoms with Crippen molar-refractivity contribution in [2.24, 2.45) is 0 Å². The minimum Gasteiger partial charge on any atom is -0.391 e. The number of rotatable bonds is 3. The van der Waals surface area contributed by atoms with Crippen molar-refractivity contribution in [1.82, 2.24) is 15.0 Å². The smallest absolute Gasteiger partial charge is 0.278 e. The highest BCUT2D eigenvalue weighted by molar-refractivity contribution is 5.13. The van der Waals surface area contributed by atoms with Gasteiger partial charge in [0.05, 0.1) is 18.8 Å². The van der Waals surface area contributed by atoms with Crippen LogP contribution in [-0.4, -0.2) is 30.3 Å². The van der Waals surface area contributed by atoms with E-state index in [1.54, 1.807) is 0 Å². The molecule has 0 aliphatic carbocycles. The van der Waals surface area contributed by atoms with Crippen molar-refractivity contribution in [1.29, 1.82) is 0 Å². The number of hydrogen-bond donors (Lipinski definition) is 3. The lowest BCUT2D eigenvalue weighted by Gasteiger charge is -2.08. The van der Waals surface area contributed by atoms with Gasteiger partial charge in [0.15, 0.2) is 0 Å². The topological polar surface area (TPSA) is 108 Å². The van der Waals surface area contributed by atoms with Crippen LogP contribution in [-0.2, 0) is 13.2 Å². The van der Waals surface area contributed by atoms with E-state index in [1.165, 1.54) is 6.92 Å². The standard InChI is InChI=1S/C7H11N3O4/c1-4(13)10-7(14)5(2-11)6(3-12)8-9-10/h4,11-13H,2-3H2,1H3. The molecule has 0 aliphatic rings. The number of hydrogen-bond acceptors (Lipinski definition) is 6. The lowest BCUT2D eigenvalue weighted by molar-refractivity contribution is 0.0983. The summed E-state index contributed by atoms with van der Waals surface area (Å²) in [5.74, 6) is 0. The van der Waals surface area contributed by atoms with E-state index in [9.17, 15) is 4.79 Å². The summed E-state index contributed by atoms with van der Waals surface area (Å²) in [6.45, 7) is 0.325. The first-order chi connectivity index (χ1) is 6.61. The van der Waals surface area contributed by atoms with Gasteiger partial charge in [-0.2, -0.15) is 4.68 Å². The number of nitrogens with zero attached hydrogens (tertiary/aromatic N) is 3. The lowest BCUT2D eigenvalue weighted by Crippen LogP contribution is -2.31. The summed E-state index contributed by atoms with van der Waals surface area (Å²) >= 11 is 0. The Bertz CT molecular complexity index is 374. The van der Waals surface area contributed by atoms with Crippen LogP contribution in [0.25, 0.3) is 0 Å². The molecule has 1 heterocycles. The largest absolute Gasteiger partial charge is 0.391 e. The van der Waals surface area contributed by atoms with Crippen molar-refractivity contribution in [2.45, 2.75) is 26.4 Å². The van der Waals surface area contributed by atoms with E-state index in [-0.39, 0.29) is 11.3 Å². The molecular weight excluding hydrogens is 190 g/mol. The second kappa shape index (κ2) is 4.27. The van der Waals surface area contributed by atoms with Crippen molar-refractivity contribution in [3.8, 4) is 0 Å². The van der Waals surface area contributed by atoms with Crippen molar-refractivity contribution in [3.05, 3.63) is 21.6 Å². The third-order valence-electron chi connectivity index (χ3n) is 1.74. The summed E-state index contributed by atoms with van der Waals surface area (Å²) in [5.41, 5.74) is -0.681. The Morgan fingerprint density at radius 1 is 1.43 bits per heavy atom. The van der Waals surface area contributed by atoms with Gasteiger partial charge in [-0.3, -0.25) is 4.79 Å². The zero-order chi connectivity index (χ0) is 10.7. The van der Waals surface area contributed by atoms with Crippen molar-refractivity contribution < 1.29 is 15.3 Å². The minimum absolute atomic E-state index is 0.0226. The molecule has 1 atom stereocenters. The first-order valence-electron chi connectivity index (χ1n) is 3.98. The van der Waals surface area contributed by atoms with Crippen LogP contribution in [0.3, 0.4) is 0 Å². The average molecular weight is 201 g/mol. The van der Waals surface area contributed by atoms with Crippen LogP contribution in [0.15, 0.2) is 4.79 Å². The molecule has 7 heteroatoms. The minimum atomic E-state index is -1.12. The van der Waals surface area contributed by atoms with E-state index < -0.39 is 25.0 Å². The van der Waals surface area contributed by atoms with E-state index in [4.69, 9.17) is 15.3 Å². The van der Waals surface area contributed by atoms with Gasteiger partial charge in [0.25, 0.3) is 5.56 Å². The van der Waals surface area contributed by atoms with Crippen LogP contribution in [0.4, 0.5) is 0 Å². The van der Waals surface area contributed by atoms with Crippen LogP contribution >= 0.6 is 0 Å². The van der Waals surface area contributed by atoms with Gasteiger partial charge in [-0.25, -0.2) is 0 Å². The fourth-order valence-corrected chi connectivity index (χ4v) is 0.995. The molecule has 0 saturated carbocycles. The number of aromatic nitrogens is 3. The average Bonchev–Trinajstić information content (AvgIpc) is 2.16. The molecule has 1 aromatic rings. The molecule has 1 rings (SSSR count). The van der Waals surface area contributed by atoms with Gasteiger partial charge in [-0.1, -0.05) is 5.21 Å². The third kappa shape index (κ3) is 1.79. The predicted octanol–water partition coefficient (Wildman–Crippen LogP) is -1.87. The van der Waals surface area contributed by atoms with Crippen molar-refractivity contribution in [2.75, 3.05) is 0 Å². The Morgan fingerprint density at radius 3 is 2.50 bits per heavy atom. The zero-order valence-electron chi connectivity index (χ0n) is 7.58. The Balaban J connectivity index is 3.35. The first kappa shape index (κ1) is 10.8. The van der Waals surface area contributed by atoms with E-state index in [0.29, 0.717) is 0 Å². The molecule has 0 aromatic carbocycles. The summed E-state index contributed by atoms with van der Waals surface area (Å²) in [5, 5.41) is 33.6. The van der Waals surface area contributed by atoms with Crippen LogP contribution in [0.1, 0.15) is 24.4 Å². The van der Waals surface area contributed by atoms with Crippen LogP contribution < -0.4 is 5.56 Å². The van der Waals surface area contributed by atoms with Gasteiger partial charge >= 0.3 is 0 Å². The Kier molecular flexibility index (Phi) is 3.28. The SMILES string of the molecule is CC(O)n1nnc(CO)c(CO)c1=O. The maximum atomic E-state index is 11.5. The van der Waals surface area contributed by atoms with E-state index in [0.717, 1.165) is 4.68 Å². The molecule has 0 fully saturated rings. The van der Waals surface area contributed by atoms with Gasteiger partial charge in [0.1, 0.15) is 11.9 Å². The predicted molar refractivity (Wildman–Crippen MR) is 45.1 cm³/mol. The zero-order valence-corrected chi connectivity index (χ0v) is 7.58. The maximum Gasteiger partial charge on any atom is 0.278 e. The quantitative estimate of drug-likeness (QED) is 0.529. The normalized spacial score (nSPS) is 12.9. The summed E-state index contributed by atoms with van der Waals surface area (Å²) in [6, 6.07) is 0. The van der Waals surface area contributed by atoms with Crippen LogP contribution in [0, 0.1) is 0 Å². The highest BCUT2D eigenvalue weighted by atomic mass is 16.3. The summed E-state index contributed by atoms with van der Waals surface area (Å²) in [4.78, 5) is 11.5. The second-order valence-corrected chi connectivity index (χ2v) is 2.71. The monoisotopic (exact) mass is 201 g/mol. The summed E-state index contributed by atoms with van der Waals surface area (Å²) in [7, 11) is 0. The molecule has 0 spiro atoms. The molecule has 1 unspecified atom stereocenters. The third-order valence-corrected chi connectivity index (χ3v) is 1.74. The van der Waals surface area contributed by atoms with Crippen molar-refractivity contribution >= 4 is 0 Å². The number of aliphatic hydroxyl groups excluding tert-OH is 3. The molecule has 0 saturated heterocycles. The highest BCUT2D eigenvalue weighted by Gasteiger charge is 2.13. The summed E-state index contributed by atoms with van der Waals surface area (Å²) < 4.78 is 0.727. The fraction of sp³-hybridized carbons (Fsp3) is 0.571. The Labute approximate surface area is 79.2 Å².